The van der Waals surface area contributed by atoms with Crippen LogP contribution < -0.4 is 5.73 Å². The van der Waals surface area contributed by atoms with Crippen molar-refractivity contribution in [3.8, 4) is 0 Å². The average molecular weight is 331 g/mol. The van der Waals surface area contributed by atoms with E-state index in [1.165, 1.54) is 10.5 Å². The summed E-state index contributed by atoms with van der Waals surface area (Å²) in [5.41, 5.74) is 8.27. The van der Waals surface area contributed by atoms with Crippen LogP contribution in [0.3, 0.4) is 0 Å². The zero-order valence-corrected chi connectivity index (χ0v) is 13.5. The van der Waals surface area contributed by atoms with E-state index in [-0.39, 0.29) is 36.8 Å². The normalized spacial score (nSPS) is 14.4. The zero-order chi connectivity index (χ0) is 15.5. The number of carbonyl (C=O) groups is 2. The van der Waals surface area contributed by atoms with E-state index in [0.29, 0.717) is 11.1 Å². The van der Waals surface area contributed by atoms with Gasteiger partial charge in [-0.1, -0.05) is 42.5 Å². The highest BCUT2D eigenvalue weighted by atomic mass is 35.5. The van der Waals surface area contributed by atoms with Gasteiger partial charge >= 0.3 is 0 Å². The van der Waals surface area contributed by atoms with Crippen LogP contribution in [-0.2, 0) is 6.42 Å². The van der Waals surface area contributed by atoms with Crippen molar-refractivity contribution in [3.05, 3.63) is 71.3 Å². The molecule has 4 nitrogen and oxygen atoms in total. The van der Waals surface area contributed by atoms with E-state index in [1.807, 2.05) is 18.2 Å². The minimum absolute atomic E-state index is 0. The molecule has 120 valence electrons. The first-order chi connectivity index (χ1) is 10.7. The van der Waals surface area contributed by atoms with Crippen molar-refractivity contribution >= 4 is 24.2 Å². The molecule has 2 aromatic rings. The van der Waals surface area contributed by atoms with Crippen LogP contribution in [0.5, 0.6) is 0 Å². The molecule has 5 heteroatoms. The lowest BCUT2D eigenvalue weighted by Crippen LogP contribution is -2.41. The maximum atomic E-state index is 12.3. The van der Waals surface area contributed by atoms with Crippen molar-refractivity contribution in [1.29, 1.82) is 0 Å². The molecule has 1 unspecified atom stereocenters. The third-order valence-corrected chi connectivity index (χ3v) is 3.94. The van der Waals surface area contributed by atoms with Gasteiger partial charge in [-0.15, -0.1) is 12.4 Å². The van der Waals surface area contributed by atoms with Gasteiger partial charge in [-0.2, -0.15) is 0 Å². The molecule has 2 N–H and O–H groups in total. The Morgan fingerprint density at radius 2 is 1.39 bits per heavy atom. The van der Waals surface area contributed by atoms with Gasteiger partial charge in [-0.25, -0.2) is 0 Å². The van der Waals surface area contributed by atoms with Crippen molar-refractivity contribution in [2.24, 2.45) is 5.73 Å². The van der Waals surface area contributed by atoms with Gasteiger partial charge in [0.25, 0.3) is 11.8 Å². The van der Waals surface area contributed by atoms with Gasteiger partial charge in [0.05, 0.1) is 11.1 Å². The number of imide groups is 1. The van der Waals surface area contributed by atoms with Crippen LogP contribution >= 0.6 is 12.4 Å². The number of nitrogens with zero attached hydrogens (tertiary/aromatic N) is 1. The Labute approximate surface area is 141 Å². The summed E-state index contributed by atoms with van der Waals surface area (Å²) >= 11 is 0. The first kappa shape index (κ1) is 17.2. The smallest absolute Gasteiger partial charge is 0.261 e. The van der Waals surface area contributed by atoms with Crippen LogP contribution in [0.2, 0.25) is 0 Å². The molecule has 0 spiro atoms. The monoisotopic (exact) mass is 330 g/mol. The second-order valence-corrected chi connectivity index (χ2v) is 5.55. The van der Waals surface area contributed by atoms with E-state index in [1.54, 1.807) is 24.3 Å². The molecule has 1 aliphatic heterocycles. The Hall–Kier alpha value is -2.17. The Bertz CT molecular complexity index is 668. The molecule has 0 aromatic heterocycles. The van der Waals surface area contributed by atoms with Gasteiger partial charge in [0.2, 0.25) is 0 Å². The van der Waals surface area contributed by atoms with Crippen molar-refractivity contribution in [3.63, 3.8) is 0 Å². The highest BCUT2D eigenvalue weighted by molar-refractivity contribution is 6.21. The summed E-state index contributed by atoms with van der Waals surface area (Å²) in [5.74, 6) is -0.480. The molecule has 2 aromatic carbocycles. The molecule has 0 saturated heterocycles. The summed E-state index contributed by atoms with van der Waals surface area (Å²) < 4.78 is 0. The first-order valence-electron chi connectivity index (χ1n) is 7.41. The molecule has 1 aliphatic rings. The molecule has 1 heterocycles. The minimum Gasteiger partial charge on any atom is -0.326 e. The van der Waals surface area contributed by atoms with Crippen LogP contribution in [0, 0.1) is 0 Å². The summed E-state index contributed by atoms with van der Waals surface area (Å²) in [6.07, 6.45) is 1.57. The SMILES string of the molecule is Cl.NC(CCc1ccccc1)CN1C(=O)c2ccccc2C1=O. The highest BCUT2D eigenvalue weighted by Gasteiger charge is 2.35. The molecule has 0 radical (unpaired) electrons. The van der Waals surface area contributed by atoms with Crippen molar-refractivity contribution in [2.75, 3.05) is 6.54 Å². The van der Waals surface area contributed by atoms with Gasteiger partial charge in [0, 0.05) is 12.6 Å². The molecule has 2 amide bonds. The largest absolute Gasteiger partial charge is 0.326 e. The minimum atomic E-state index is -0.240. The Kier molecular flexibility index (Phi) is 5.53. The summed E-state index contributed by atoms with van der Waals surface area (Å²) in [6, 6.07) is 16.7. The second-order valence-electron chi connectivity index (χ2n) is 5.55. The van der Waals surface area contributed by atoms with Crippen LogP contribution in [0.25, 0.3) is 0 Å². The Morgan fingerprint density at radius 3 is 1.96 bits per heavy atom. The summed E-state index contributed by atoms with van der Waals surface area (Å²) in [6.45, 7) is 0.263. The topological polar surface area (TPSA) is 63.4 Å². The van der Waals surface area contributed by atoms with E-state index in [9.17, 15) is 9.59 Å². The van der Waals surface area contributed by atoms with Crippen LogP contribution in [0.4, 0.5) is 0 Å². The Balaban J connectivity index is 0.00000192. The number of hydrogen-bond acceptors (Lipinski definition) is 3. The molecular weight excluding hydrogens is 312 g/mol. The van der Waals surface area contributed by atoms with E-state index in [4.69, 9.17) is 5.73 Å². The van der Waals surface area contributed by atoms with E-state index in [0.717, 1.165) is 12.8 Å². The summed E-state index contributed by atoms with van der Waals surface area (Å²) in [5, 5.41) is 0. The fourth-order valence-electron chi connectivity index (χ4n) is 2.73. The van der Waals surface area contributed by atoms with Gasteiger partial charge in [0.1, 0.15) is 0 Å². The molecule has 0 aliphatic carbocycles. The van der Waals surface area contributed by atoms with Gasteiger partial charge < -0.3 is 5.73 Å². The number of amides is 2. The lowest BCUT2D eigenvalue weighted by molar-refractivity contribution is 0.0643. The first-order valence-corrected chi connectivity index (χ1v) is 7.41. The van der Waals surface area contributed by atoms with Crippen molar-refractivity contribution in [2.45, 2.75) is 18.9 Å². The van der Waals surface area contributed by atoms with Crippen molar-refractivity contribution < 1.29 is 9.59 Å². The maximum absolute atomic E-state index is 12.3. The maximum Gasteiger partial charge on any atom is 0.261 e. The number of fused-ring (bicyclic) bond motifs is 1. The predicted molar refractivity (Wildman–Crippen MR) is 91.8 cm³/mol. The molecule has 23 heavy (non-hydrogen) atoms. The van der Waals surface area contributed by atoms with Crippen LogP contribution in [0.15, 0.2) is 54.6 Å². The van der Waals surface area contributed by atoms with E-state index in [2.05, 4.69) is 12.1 Å². The number of benzene rings is 2. The molecular formula is C18H19ClN2O2. The number of carbonyl (C=O) groups excluding carboxylic acids is 2. The number of nitrogens with two attached hydrogens (primary N) is 1. The Morgan fingerprint density at radius 1 is 0.870 bits per heavy atom. The number of rotatable bonds is 5. The van der Waals surface area contributed by atoms with Crippen LogP contribution in [0.1, 0.15) is 32.7 Å². The molecule has 0 saturated carbocycles. The average Bonchev–Trinajstić information content (AvgIpc) is 2.79. The predicted octanol–water partition coefficient (Wildman–Crippen LogP) is 2.66. The number of aryl methyl sites for hydroxylation is 1. The van der Waals surface area contributed by atoms with E-state index < -0.39 is 0 Å². The van der Waals surface area contributed by atoms with Gasteiger partial charge in [0.15, 0.2) is 0 Å². The lowest BCUT2D eigenvalue weighted by Gasteiger charge is -2.19. The third kappa shape index (κ3) is 3.60. The van der Waals surface area contributed by atoms with Gasteiger partial charge in [-0.05, 0) is 30.5 Å². The number of hydrogen-bond donors (Lipinski definition) is 1. The van der Waals surface area contributed by atoms with Gasteiger partial charge in [-0.3, -0.25) is 14.5 Å². The molecule has 0 bridgehead atoms. The molecule has 0 fully saturated rings. The molecule has 3 rings (SSSR count). The van der Waals surface area contributed by atoms with Crippen molar-refractivity contribution in [1.82, 2.24) is 4.90 Å². The summed E-state index contributed by atoms with van der Waals surface area (Å²) in [7, 11) is 0. The highest BCUT2D eigenvalue weighted by Crippen LogP contribution is 2.22. The second kappa shape index (κ2) is 7.40. The fourth-order valence-corrected chi connectivity index (χ4v) is 2.73. The zero-order valence-electron chi connectivity index (χ0n) is 12.6. The molecule has 1 atom stereocenters. The number of halogens is 1. The van der Waals surface area contributed by atoms with E-state index >= 15 is 0 Å². The fraction of sp³-hybridized carbons (Fsp3) is 0.222. The van der Waals surface area contributed by atoms with Crippen LogP contribution in [-0.4, -0.2) is 29.3 Å². The summed E-state index contributed by atoms with van der Waals surface area (Å²) in [4.78, 5) is 25.8. The quantitative estimate of drug-likeness (QED) is 0.857. The standard InChI is InChI=1S/C18H18N2O2.ClH/c19-14(11-10-13-6-2-1-3-7-13)12-20-17(21)15-8-4-5-9-16(15)18(20)22;/h1-9,14H,10-12,19H2;1H. The third-order valence-electron chi connectivity index (χ3n) is 3.94. The lowest BCUT2D eigenvalue weighted by atomic mass is 10.1.